The van der Waals surface area contributed by atoms with Crippen LogP contribution in [0.3, 0.4) is 0 Å². The second-order valence-corrected chi connectivity index (χ2v) is 5.46. The topological polar surface area (TPSA) is 29.5 Å². The summed E-state index contributed by atoms with van der Waals surface area (Å²) in [4.78, 5) is 0. The maximum absolute atomic E-state index is 13.6. The number of hydrogen-bond acceptors (Lipinski definition) is 2. The fourth-order valence-electron chi connectivity index (χ4n) is 2.12. The van der Waals surface area contributed by atoms with Gasteiger partial charge in [-0.2, -0.15) is 0 Å². The fourth-order valence-corrected chi connectivity index (χ4v) is 2.45. The molecule has 2 nitrogen and oxygen atoms in total. The van der Waals surface area contributed by atoms with E-state index in [9.17, 15) is 9.50 Å². The van der Waals surface area contributed by atoms with Crippen molar-refractivity contribution in [3.05, 3.63) is 34.1 Å². The van der Waals surface area contributed by atoms with Crippen molar-refractivity contribution in [1.29, 1.82) is 0 Å². The summed E-state index contributed by atoms with van der Waals surface area (Å²) in [5.41, 5.74) is 0.531. The van der Waals surface area contributed by atoms with Crippen molar-refractivity contribution >= 4 is 15.9 Å². The molecule has 2 atom stereocenters. The van der Waals surface area contributed by atoms with Gasteiger partial charge in [-0.1, -0.05) is 22.0 Å². The second-order valence-electron chi connectivity index (χ2n) is 4.54. The van der Waals surface area contributed by atoms with Crippen molar-refractivity contribution in [3.63, 3.8) is 0 Å². The highest BCUT2D eigenvalue weighted by Crippen LogP contribution is 2.36. The molecular formula is C13H16BrFO2. The van der Waals surface area contributed by atoms with Crippen molar-refractivity contribution < 1.29 is 14.2 Å². The summed E-state index contributed by atoms with van der Waals surface area (Å²) in [6, 6.07) is 4.90. The van der Waals surface area contributed by atoms with Crippen LogP contribution >= 0.6 is 15.9 Å². The molecule has 1 aromatic carbocycles. The predicted molar refractivity (Wildman–Crippen MR) is 67.3 cm³/mol. The van der Waals surface area contributed by atoms with E-state index in [0.717, 1.165) is 12.8 Å². The maximum Gasteiger partial charge on any atom is 0.127 e. The summed E-state index contributed by atoms with van der Waals surface area (Å²) in [5, 5.41) is 10.1. The molecule has 0 heterocycles. The lowest BCUT2D eigenvalue weighted by Crippen LogP contribution is -2.32. The SMILES string of the molecule is COC(C(O)Cc1ccc(Br)cc1F)C1CC1. The summed E-state index contributed by atoms with van der Waals surface area (Å²) < 4.78 is 19.6. The van der Waals surface area contributed by atoms with Gasteiger partial charge in [-0.3, -0.25) is 0 Å². The first-order chi connectivity index (χ1) is 8.11. The Bertz CT molecular complexity index is 393. The molecule has 4 heteroatoms. The van der Waals surface area contributed by atoms with Gasteiger partial charge in [-0.25, -0.2) is 4.39 Å². The number of aliphatic hydroxyl groups excluding tert-OH is 1. The smallest absolute Gasteiger partial charge is 0.127 e. The molecule has 94 valence electrons. The van der Waals surface area contributed by atoms with Crippen molar-refractivity contribution in [1.82, 2.24) is 0 Å². The minimum Gasteiger partial charge on any atom is -0.390 e. The molecule has 2 unspecified atom stereocenters. The first kappa shape index (κ1) is 13.0. The molecule has 1 aliphatic rings. The zero-order valence-corrected chi connectivity index (χ0v) is 11.3. The number of halogens is 2. The largest absolute Gasteiger partial charge is 0.390 e. The molecule has 1 aromatic rings. The fraction of sp³-hybridized carbons (Fsp3) is 0.538. The number of ether oxygens (including phenoxy) is 1. The highest BCUT2D eigenvalue weighted by atomic mass is 79.9. The van der Waals surface area contributed by atoms with Gasteiger partial charge in [-0.15, -0.1) is 0 Å². The summed E-state index contributed by atoms with van der Waals surface area (Å²) in [6.45, 7) is 0. The Morgan fingerprint density at radius 3 is 2.76 bits per heavy atom. The van der Waals surface area contributed by atoms with E-state index >= 15 is 0 Å². The van der Waals surface area contributed by atoms with E-state index in [-0.39, 0.29) is 11.9 Å². The van der Waals surface area contributed by atoms with Crippen molar-refractivity contribution in [2.24, 2.45) is 5.92 Å². The lowest BCUT2D eigenvalue weighted by molar-refractivity contribution is -0.0241. The molecule has 0 saturated heterocycles. The van der Waals surface area contributed by atoms with Crippen LogP contribution in [0.25, 0.3) is 0 Å². The third kappa shape index (κ3) is 3.27. The number of aliphatic hydroxyl groups is 1. The normalized spacial score (nSPS) is 19.1. The first-order valence-corrected chi connectivity index (χ1v) is 6.56. The minimum absolute atomic E-state index is 0.168. The molecule has 1 saturated carbocycles. The highest BCUT2D eigenvalue weighted by molar-refractivity contribution is 9.10. The first-order valence-electron chi connectivity index (χ1n) is 5.76. The third-order valence-corrected chi connectivity index (χ3v) is 3.68. The summed E-state index contributed by atoms with van der Waals surface area (Å²) in [7, 11) is 1.60. The van der Waals surface area contributed by atoms with Gasteiger partial charge in [0.05, 0.1) is 12.2 Å². The Labute approximate surface area is 109 Å². The van der Waals surface area contributed by atoms with Crippen LogP contribution in [-0.4, -0.2) is 24.4 Å². The monoisotopic (exact) mass is 302 g/mol. The molecular weight excluding hydrogens is 287 g/mol. The summed E-state index contributed by atoms with van der Waals surface area (Å²) >= 11 is 3.21. The summed E-state index contributed by atoms with van der Waals surface area (Å²) in [5.74, 6) is 0.151. The molecule has 1 fully saturated rings. The highest BCUT2D eigenvalue weighted by Gasteiger charge is 2.36. The van der Waals surface area contributed by atoms with E-state index in [0.29, 0.717) is 22.4 Å². The van der Waals surface area contributed by atoms with Gasteiger partial charge < -0.3 is 9.84 Å². The van der Waals surface area contributed by atoms with Crippen LogP contribution < -0.4 is 0 Å². The number of methoxy groups -OCH3 is 1. The third-order valence-electron chi connectivity index (χ3n) is 3.18. The molecule has 1 N–H and O–H groups in total. The molecule has 2 rings (SSSR count). The second kappa shape index (κ2) is 5.46. The van der Waals surface area contributed by atoms with Crippen LogP contribution in [0, 0.1) is 11.7 Å². The molecule has 0 amide bonds. The number of rotatable bonds is 5. The van der Waals surface area contributed by atoms with E-state index in [4.69, 9.17) is 4.74 Å². The minimum atomic E-state index is -0.636. The molecule has 0 aromatic heterocycles. The van der Waals surface area contributed by atoms with Gasteiger partial charge in [0.1, 0.15) is 5.82 Å². The maximum atomic E-state index is 13.6. The molecule has 0 radical (unpaired) electrons. The Balaban J connectivity index is 2.03. The van der Waals surface area contributed by atoms with Gasteiger partial charge in [0.15, 0.2) is 0 Å². The zero-order chi connectivity index (χ0) is 12.4. The summed E-state index contributed by atoms with van der Waals surface area (Å²) in [6.07, 6.45) is 1.69. The number of hydrogen-bond donors (Lipinski definition) is 1. The average molecular weight is 303 g/mol. The van der Waals surface area contributed by atoms with Crippen LogP contribution in [0.4, 0.5) is 4.39 Å². The predicted octanol–water partition coefficient (Wildman–Crippen LogP) is 2.92. The van der Waals surface area contributed by atoms with Gasteiger partial charge in [0.2, 0.25) is 0 Å². The van der Waals surface area contributed by atoms with Gasteiger partial charge in [0, 0.05) is 18.0 Å². The van der Waals surface area contributed by atoms with Crippen LogP contribution in [0.1, 0.15) is 18.4 Å². The van der Waals surface area contributed by atoms with Gasteiger partial charge in [0.25, 0.3) is 0 Å². The number of benzene rings is 1. The Kier molecular flexibility index (Phi) is 4.17. The van der Waals surface area contributed by atoms with E-state index in [1.165, 1.54) is 6.07 Å². The van der Waals surface area contributed by atoms with Gasteiger partial charge >= 0.3 is 0 Å². The lowest BCUT2D eigenvalue weighted by atomic mass is 10.0. The Morgan fingerprint density at radius 1 is 1.53 bits per heavy atom. The lowest BCUT2D eigenvalue weighted by Gasteiger charge is -2.21. The molecule has 17 heavy (non-hydrogen) atoms. The Morgan fingerprint density at radius 2 is 2.24 bits per heavy atom. The molecule has 0 spiro atoms. The standard InChI is InChI=1S/C13H16BrFO2/c1-17-13(8-2-3-8)12(16)6-9-4-5-10(14)7-11(9)15/h4-5,7-8,12-13,16H,2-3,6H2,1H3. The zero-order valence-electron chi connectivity index (χ0n) is 9.70. The molecule has 0 aliphatic heterocycles. The average Bonchev–Trinajstić information content (AvgIpc) is 3.08. The quantitative estimate of drug-likeness (QED) is 0.906. The van der Waals surface area contributed by atoms with E-state index in [2.05, 4.69) is 15.9 Å². The van der Waals surface area contributed by atoms with Crippen molar-refractivity contribution in [2.75, 3.05) is 7.11 Å². The van der Waals surface area contributed by atoms with Crippen LogP contribution in [0.5, 0.6) is 0 Å². The van der Waals surface area contributed by atoms with Crippen LogP contribution in [-0.2, 0) is 11.2 Å². The van der Waals surface area contributed by atoms with Crippen molar-refractivity contribution in [3.8, 4) is 0 Å². The van der Waals surface area contributed by atoms with E-state index in [1.807, 2.05) is 0 Å². The molecule has 0 bridgehead atoms. The van der Waals surface area contributed by atoms with Gasteiger partial charge in [-0.05, 0) is 36.5 Å². The van der Waals surface area contributed by atoms with E-state index < -0.39 is 6.10 Å². The molecule has 1 aliphatic carbocycles. The van der Waals surface area contributed by atoms with Crippen LogP contribution in [0.2, 0.25) is 0 Å². The van der Waals surface area contributed by atoms with Crippen LogP contribution in [0.15, 0.2) is 22.7 Å². The Hall–Kier alpha value is -0.450. The van der Waals surface area contributed by atoms with Crippen molar-refractivity contribution in [2.45, 2.75) is 31.5 Å². The van der Waals surface area contributed by atoms with E-state index in [1.54, 1.807) is 19.2 Å².